The van der Waals surface area contributed by atoms with Crippen LogP contribution in [0.2, 0.25) is 5.02 Å². The summed E-state index contributed by atoms with van der Waals surface area (Å²) in [5.41, 5.74) is 8.70. The summed E-state index contributed by atoms with van der Waals surface area (Å²) in [6, 6.07) is 7.68. The average molecular weight is 402 g/mol. The lowest BCUT2D eigenvalue weighted by molar-refractivity contribution is 0.502. The minimum Gasteiger partial charge on any atom is -0.350 e. The molecule has 28 heavy (non-hydrogen) atoms. The molecule has 0 unspecified atom stereocenters. The van der Waals surface area contributed by atoms with Crippen LogP contribution in [0.1, 0.15) is 40.0 Å². The Hall–Kier alpha value is -2.38. The van der Waals surface area contributed by atoms with Crippen LogP contribution in [-0.4, -0.2) is 31.6 Å². The molecule has 3 rings (SSSR count). The molecule has 0 radical (unpaired) electrons. The van der Waals surface area contributed by atoms with Gasteiger partial charge < -0.3 is 20.9 Å². The van der Waals surface area contributed by atoms with E-state index in [1.54, 1.807) is 6.33 Å². The van der Waals surface area contributed by atoms with Crippen molar-refractivity contribution < 1.29 is 0 Å². The Balaban J connectivity index is 1.98. The van der Waals surface area contributed by atoms with Crippen molar-refractivity contribution in [2.24, 2.45) is 5.73 Å². The maximum Gasteiger partial charge on any atom is 0.227 e. The Labute approximate surface area is 170 Å². The average Bonchev–Trinajstić information content (AvgIpc) is 3.09. The van der Waals surface area contributed by atoms with E-state index in [-0.39, 0.29) is 12.1 Å². The van der Waals surface area contributed by atoms with Gasteiger partial charge in [0.2, 0.25) is 5.95 Å². The molecule has 0 amide bonds. The van der Waals surface area contributed by atoms with Crippen molar-refractivity contribution >= 4 is 40.2 Å². The van der Waals surface area contributed by atoms with Gasteiger partial charge in [-0.25, -0.2) is 4.98 Å². The summed E-state index contributed by atoms with van der Waals surface area (Å²) in [4.78, 5) is 13.9. The van der Waals surface area contributed by atoms with Crippen LogP contribution in [0.25, 0.3) is 11.2 Å². The highest BCUT2D eigenvalue weighted by Gasteiger charge is 2.19. The van der Waals surface area contributed by atoms with Crippen molar-refractivity contribution in [3.63, 3.8) is 0 Å². The topological polar surface area (TPSA) is 93.7 Å². The predicted octanol–water partition coefficient (Wildman–Crippen LogP) is 4.56. The summed E-state index contributed by atoms with van der Waals surface area (Å²) in [5, 5.41) is 7.42. The first-order chi connectivity index (χ1) is 13.5. The number of aryl methyl sites for hydroxylation is 1. The van der Waals surface area contributed by atoms with Gasteiger partial charge in [0.05, 0.1) is 6.33 Å². The zero-order valence-corrected chi connectivity index (χ0v) is 17.4. The number of hydrogen-bond donors (Lipinski definition) is 3. The highest BCUT2D eigenvalue weighted by molar-refractivity contribution is 6.30. The molecule has 0 bridgehead atoms. The lowest BCUT2D eigenvalue weighted by Crippen LogP contribution is -2.40. The maximum absolute atomic E-state index is 6.35. The van der Waals surface area contributed by atoms with E-state index in [0.29, 0.717) is 16.8 Å². The molecule has 0 aliphatic heterocycles. The van der Waals surface area contributed by atoms with Crippen molar-refractivity contribution in [1.82, 2.24) is 19.5 Å². The molecule has 2 aromatic heterocycles. The molecule has 8 heteroatoms. The first kappa shape index (κ1) is 20.4. The number of halogens is 1. The van der Waals surface area contributed by atoms with E-state index in [4.69, 9.17) is 27.3 Å². The number of aromatic nitrogens is 4. The van der Waals surface area contributed by atoms with Crippen molar-refractivity contribution in [3.8, 4) is 0 Å². The van der Waals surface area contributed by atoms with Gasteiger partial charge in [0, 0.05) is 29.3 Å². The van der Waals surface area contributed by atoms with Crippen LogP contribution >= 0.6 is 11.6 Å². The fourth-order valence-electron chi connectivity index (χ4n) is 3.24. The number of imidazole rings is 1. The standard InChI is InChI=1S/C20H28ClN7/c1-4-8-15(22)16(5-2)25-20-26-18(24-14-10-7-9-13(21)11-14)17-19(27-20)28(6-3)12-23-17/h7,9-12,15-16H,4-6,8,22H2,1-3H3,(H2,24,25,26,27)/t15-,16+/m0/s1. The van der Waals surface area contributed by atoms with E-state index >= 15 is 0 Å². The zero-order valence-electron chi connectivity index (χ0n) is 16.6. The monoisotopic (exact) mass is 401 g/mol. The lowest BCUT2D eigenvalue weighted by Gasteiger charge is -2.23. The van der Waals surface area contributed by atoms with E-state index < -0.39 is 0 Å². The van der Waals surface area contributed by atoms with Crippen molar-refractivity contribution in [3.05, 3.63) is 35.6 Å². The van der Waals surface area contributed by atoms with E-state index in [0.717, 1.165) is 42.7 Å². The van der Waals surface area contributed by atoms with Crippen LogP contribution in [0.3, 0.4) is 0 Å². The van der Waals surface area contributed by atoms with Gasteiger partial charge >= 0.3 is 0 Å². The lowest BCUT2D eigenvalue weighted by atomic mass is 10.0. The quantitative estimate of drug-likeness (QED) is 0.486. The summed E-state index contributed by atoms with van der Waals surface area (Å²) in [6.07, 6.45) is 4.68. The van der Waals surface area contributed by atoms with Crippen LogP contribution in [0.4, 0.5) is 17.5 Å². The molecule has 7 nitrogen and oxygen atoms in total. The molecule has 0 fully saturated rings. The van der Waals surface area contributed by atoms with Gasteiger partial charge in [-0.1, -0.05) is 37.9 Å². The first-order valence-corrected chi connectivity index (χ1v) is 10.2. The van der Waals surface area contributed by atoms with Crippen LogP contribution < -0.4 is 16.4 Å². The third kappa shape index (κ3) is 4.54. The largest absolute Gasteiger partial charge is 0.350 e. The van der Waals surface area contributed by atoms with E-state index in [2.05, 4.69) is 36.4 Å². The third-order valence-electron chi connectivity index (χ3n) is 4.79. The Morgan fingerprint density at radius 2 is 2.04 bits per heavy atom. The molecule has 0 aliphatic carbocycles. The molecular weight excluding hydrogens is 374 g/mol. The summed E-state index contributed by atoms with van der Waals surface area (Å²) >= 11 is 6.12. The summed E-state index contributed by atoms with van der Waals surface area (Å²) in [6.45, 7) is 7.09. The van der Waals surface area contributed by atoms with Crippen LogP contribution in [0.15, 0.2) is 30.6 Å². The summed E-state index contributed by atoms with van der Waals surface area (Å²) in [7, 11) is 0. The van der Waals surface area contributed by atoms with Crippen molar-refractivity contribution in [2.45, 2.75) is 58.7 Å². The van der Waals surface area contributed by atoms with E-state index in [9.17, 15) is 0 Å². The molecule has 4 N–H and O–H groups in total. The normalized spacial score (nSPS) is 13.5. The summed E-state index contributed by atoms with van der Waals surface area (Å²) in [5.74, 6) is 1.19. The van der Waals surface area contributed by atoms with E-state index in [1.165, 1.54) is 0 Å². The molecule has 150 valence electrons. The van der Waals surface area contributed by atoms with Crippen LogP contribution in [0, 0.1) is 0 Å². The van der Waals surface area contributed by atoms with Gasteiger partial charge in [0.15, 0.2) is 17.0 Å². The Morgan fingerprint density at radius 3 is 2.71 bits per heavy atom. The zero-order chi connectivity index (χ0) is 20.1. The molecule has 1 aromatic carbocycles. The maximum atomic E-state index is 6.35. The number of nitrogens with two attached hydrogens (primary N) is 1. The highest BCUT2D eigenvalue weighted by atomic mass is 35.5. The second-order valence-corrected chi connectivity index (χ2v) is 7.28. The fourth-order valence-corrected chi connectivity index (χ4v) is 3.43. The smallest absolute Gasteiger partial charge is 0.227 e. The van der Waals surface area contributed by atoms with Gasteiger partial charge in [-0.05, 0) is 38.0 Å². The highest BCUT2D eigenvalue weighted by Crippen LogP contribution is 2.26. The fraction of sp³-hybridized carbons (Fsp3) is 0.450. The number of anilines is 3. The molecule has 2 heterocycles. The molecular formula is C20H28ClN7. The summed E-state index contributed by atoms with van der Waals surface area (Å²) < 4.78 is 2.00. The van der Waals surface area contributed by atoms with Gasteiger partial charge in [-0.15, -0.1) is 0 Å². The molecule has 0 spiro atoms. The van der Waals surface area contributed by atoms with Gasteiger partial charge in [0.1, 0.15) is 0 Å². The predicted molar refractivity (Wildman–Crippen MR) is 116 cm³/mol. The minimum absolute atomic E-state index is 0.0507. The molecule has 0 aliphatic rings. The Kier molecular flexibility index (Phi) is 6.70. The van der Waals surface area contributed by atoms with Gasteiger partial charge in [0.25, 0.3) is 0 Å². The minimum atomic E-state index is 0.0507. The number of fused-ring (bicyclic) bond motifs is 1. The molecule has 0 saturated carbocycles. The molecule has 0 saturated heterocycles. The first-order valence-electron chi connectivity index (χ1n) is 9.83. The number of benzene rings is 1. The third-order valence-corrected chi connectivity index (χ3v) is 5.02. The number of hydrogen-bond acceptors (Lipinski definition) is 6. The molecule has 3 aromatic rings. The SMILES string of the molecule is CCC[C@H](N)[C@@H](CC)Nc1nc(Nc2cccc(Cl)c2)c2ncn(CC)c2n1. The van der Waals surface area contributed by atoms with Gasteiger partial charge in [-0.2, -0.15) is 9.97 Å². The Bertz CT molecular complexity index is 924. The van der Waals surface area contributed by atoms with Crippen molar-refractivity contribution in [2.75, 3.05) is 10.6 Å². The van der Waals surface area contributed by atoms with E-state index in [1.807, 2.05) is 28.8 Å². The second kappa shape index (κ2) is 9.21. The second-order valence-electron chi connectivity index (χ2n) is 6.85. The van der Waals surface area contributed by atoms with Gasteiger partial charge in [-0.3, -0.25) is 0 Å². The van der Waals surface area contributed by atoms with Crippen LogP contribution in [-0.2, 0) is 6.54 Å². The number of nitrogens with one attached hydrogen (secondary N) is 2. The molecule has 2 atom stereocenters. The van der Waals surface area contributed by atoms with Crippen LogP contribution in [0.5, 0.6) is 0 Å². The number of nitrogens with zero attached hydrogens (tertiary/aromatic N) is 4. The number of rotatable bonds is 9. The Morgan fingerprint density at radius 1 is 1.21 bits per heavy atom. The van der Waals surface area contributed by atoms with Crippen molar-refractivity contribution in [1.29, 1.82) is 0 Å².